The fraction of sp³-hybridized carbons (Fsp3) is 0.667. The molecule has 0 spiro atoms. The van der Waals surface area contributed by atoms with Gasteiger partial charge in [-0.1, -0.05) is 6.08 Å². The number of aliphatic carboxylic acids is 1. The van der Waals surface area contributed by atoms with Crippen LogP contribution in [-0.4, -0.2) is 67.4 Å². The number of hydrogen-bond acceptors (Lipinski definition) is 4. The molecule has 1 aliphatic heterocycles. The van der Waals surface area contributed by atoms with Crippen molar-refractivity contribution in [3.05, 3.63) is 12.7 Å². The van der Waals surface area contributed by atoms with Gasteiger partial charge in [-0.3, -0.25) is 0 Å². The van der Waals surface area contributed by atoms with Gasteiger partial charge in [0.15, 0.2) is 0 Å². The van der Waals surface area contributed by atoms with Crippen molar-refractivity contribution in [3.63, 3.8) is 0 Å². The molecule has 1 saturated heterocycles. The molecule has 1 fully saturated rings. The molecule has 3 N–H and O–H groups in total. The molecular weight excluding hydrogens is 250 g/mol. The monoisotopic (exact) mass is 271 g/mol. The number of ether oxygens (including phenoxy) is 1. The first-order chi connectivity index (χ1) is 9.02. The molecule has 19 heavy (non-hydrogen) atoms. The molecule has 2 unspecified atom stereocenters. The van der Waals surface area contributed by atoms with Crippen molar-refractivity contribution >= 4 is 12.0 Å². The fourth-order valence-corrected chi connectivity index (χ4v) is 1.79. The van der Waals surface area contributed by atoms with Gasteiger partial charge in [0.2, 0.25) is 0 Å². The summed E-state index contributed by atoms with van der Waals surface area (Å²) in [4.78, 5) is 24.5. The summed E-state index contributed by atoms with van der Waals surface area (Å²) >= 11 is 0. The second kappa shape index (κ2) is 7.75. The van der Waals surface area contributed by atoms with E-state index in [-0.39, 0.29) is 12.5 Å². The highest BCUT2D eigenvalue weighted by atomic mass is 16.5. The Balaban J connectivity index is 2.30. The van der Waals surface area contributed by atoms with Gasteiger partial charge in [0.1, 0.15) is 6.04 Å². The molecule has 0 aromatic heterocycles. The van der Waals surface area contributed by atoms with Crippen LogP contribution in [0.15, 0.2) is 12.7 Å². The third kappa shape index (κ3) is 5.71. The lowest BCUT2D eigenvalue weighted by atomic mass is 10.2. The molecule has 0 radical (unpaired) electrons. The predicted octanol–water partition coefficient (Wildman–Crippen LogP) is -0.354. The highest BCUT2D eigenvalue weighted by molar-refractivity contribution is 5.82. The molecule has 7 nitrogen and oxygen atoms in total. The van der Waals surface area contributed by atoms with Crippen LogP contribution in [0.5, 0.6) is 0 Å². The van der Waals surface area contributed by atoms with Crippen molar-refractivity contribution in [2.75, 3.05) is 33.3 Å². The van der Waals surface area contributed by atoms with Crippen LogP contribution < -0.4 is 10.6 Å². The van der Waals surface area contributed by atoms with Crippen molar-refractivity contribution in [3.8, 4) is 0 Å². The molecule has 2 amide bonds. The van der Waals surface area contributed by atoms with Crippen molar-refractivity contribution in [1.29, 1.82) is 0 Å². The SMILES string of the molecule is C=CCC(NC(=O)NCC1CN(C)CCO1)C(=O)O. The van der Waals surface area contributed by atoms with Gasteiger partial charge in [-0.15, -0.1) is 6.58 Å². The number of nitrogens with one attached hydrogen (secondary N) is 2. The Labute approximate surface area is 112 Å². The zero-order valence-corrected chi connectivity index (χ0v) is 11.1. The van der Waals surface area contributed by atoms with Crippen LogP contribution in [0.25, 0.3) is 0 Å². The summed E-state index contributed by atoms with van der Waals surface area (Å²) in [5, 5.41) is 13.9. The number of morpholine rings is 1. The standard InChI is InChI=1S/C12H21N3O4/c1-3-4-10(11(16)17)14-12(18)13-7-9-8-15(2)5-6-19-9/h3,9-10H,1,4-8H2,2H3,(H,16,17)(H2,13,14,18). The van der Waals surface area contributed by atoms with E-state index < -0.39 is 18.0 Å². The van der Waals surface area contributed by atoms with Gasteiger partial charge in [0.05, 0.1) is 12.7 Å². The minimum atomic E-state index is -1.08. The second-order valence-corrected chi connectivity index (χ2v) is 4.52. The maximum Gasteiger partial charge on any atom is 0.326 e. The highest BCUT2D eigenvalue weighted by Crippen LogP contribution is 2.01. The number of carboxylic acid groups (broad SMARTS) is 1. The average Bonchev–Trinajstić information content (AvgIpc) is 2.36. The van der Waals surface area contributed by atoms with E-state index in [0.717, 1.165) is 13.1 Å². The largest absolute Gasteiger partial charge is 0.480 e. The minimum Gasteiger partial charge on any atom is -0.480 e. The molecule has 7 heteroatoms. The van der Waals surface area contributed by atoms with Crippen LogP contribution in [0.4, 0.5) is 4.79 Å². The Bertz CT molecular complexity index is 335. The zero-order valence-electron chi connectivity index (χ0n) is 11.1. The van der Waals surface area contributed by atoms with Gasteiger partial charge in [-0.25, -0.2) is 9.59 Å². The Morgan fingerprint density at radius 1 is 1.63 bits per heavy atom. The number of carboxylic acids is 1. The molecule has 0 aromatic rings. The molecule has 0 aromatic carbocycles. The van der Waals surface area contributed by atoms with E-state index in [0.29, 0.717) is 13.2 Å². The number of carbonyl (C=O) groups excluding carboxylic acids is 1. The molecule has 1 rings (SSSR count). The highest BCUT2D eigenvalue weighted by Gasteiger charge is 2.21. The zero-order chi connectivity index (χ0) is 14.3. The lowest BCUT2D eigenvalue weighted by molar-refractivity contribution is -0.139. The van der Waals surface area contributed by atoms with Crippen molar-refractivity contribution in [2.45, 2.75) is 18.6 Å². The van der Waals surface area contributed by atoms with Crippen LogP contribution >= 0.6 is 0 Å². The van der Waals surface area contributed by atoms with E-state index in [1.54, 1.807) is 0 Å². The quantitative estimate of drug-likeness (QED) is 0.574. The Morgan fingerprint density at radius 3 is 2.95 bits per heavy atom. The summed E-state index contributed by atoms with van der Waals surface area (Å²) in [7, 11) is 1.99. The molecule has 1 heterocycles. The molecule has 0 saturated carbocycles. The summed E-state index contributed by atoms with van der Waals surface area (Å²) in [6.07, 6.45) is 1.58. The van der Waals surface area contributed by atoms with Crippen molar-refractivity contribution in [2.24, 2.45) is 0 Å². The molecule has 2 atom stereocenters. The Hall–Kier alpha value is -1.60. The number of nitrogens with zero attached hydrogens (tertiary/aromatic N) is 1. The topological polar surface area (TPSA) is 90.9 Å². The molecule has 108 valence electrons. The van der Waals surface area contributed by atoms with Crippen LogP contribution in [-0.2, 0) is 9.53 Å². The number of amides is 2. The van der Waals surface area contributed by atoms with E-state index in [1.807, 2.05) is 7.05 Å². The normalized spacial score (nSPS) is 21.4. The second-order valence-electron chi connectivity index (χ2n) is 4.52. The van der Waals surface area contributed by atoms with Gasteiger partial charge in [-0.2, -0.15) is 0 Å². The number of hydrogen-bond donors (Lipinski definition) is 3. The minimum absolute atomic E-state index is 0.0628. The number of likely N-dealkylation sites (N-methyl/N-ethyl adjacent to an activating group) is 1. The predicted molar refractivity (Wildman–Crippen MR) is 70.0 cm³/mol. The van der Waals surface area contributed by atoms with Gasteiger partial charge < -0.3 is 25.4 Å². The molecule has 1 aliphatic rings. The first kappa shape index (κ1) is 15.5. The van der Waals surface area contributed by atoms with Crippen LogP contribution in [0.1, 0.15) is 6.42 Å². The molecule has 0 aliphatic carbocycles. The van der Waals surface area contributed by atoms with Gasteiger partial charge in [-0.05, 0) is 13.5 Å². The summed E-state index contributed by atoms with van der Waals surface area (Å²) in [5.74, 6) is -1.08. The van der Waals surface area contributed by atoms with E-state index in [1.165, 1.54) is 6.08 Å². The maximum absolute atomic E-state index is 11.6. The van der Waals surface area contributed by atoms with Crippen LogP contribution in [0.3, 0.4) is 0 Å². The number of urea groups is 1. The summed E-state index contributed by atoms with van der Waals surface area (Å²) < 4.78 is 5.48. The van der Waals surface area contributed by atoms with Crippen molar-refractivity contribution < 1.29 is 19.4 Å². The van der Waals surface area contributed by atoms with Gasteiger partial charge >= 0.3 is 12.0 Å². The lowest BCUT2D eigenvalue weighted by Crippen LogP contribution is -2.50. The summed E-state index contributed by atoms with van der Waals surface area (Å²) in [6.45, 7) is 6.08. The fourth-order valence-electron chi connectivity index (χ4n) is 1.79. The van der Waals surface area contributed by atoms with Gasteiger partial charge in [0.25, 0.3) is 0 Å². The third-order valence-electron chi connectivity index (χ3n) is 2.84. The average molecular weight is 271 g/mol. The van der Waals surface area contributed by atoms with Crippen LogP contribution in [0.2, 0.25) is 0 Å². The van der Waals surface area contributed by atoms with Gasteiger partial charge in [0, 0.05) is 19.6 Å². The van der Waals surface area contributed by atoms with E-state index in [4.69, 9.17) is 9.84 Å². The third-order valence-corrected chi connectivity index (χ3v) is 2.84. The summed E-state index contributed by atoms with van der Waals surface area (Å²) in [6, 6.07) is -1.46. The van der Waals surface area contributed by atoms with E-state index >= 15 is 0 Å². The number of carbonyl (C=O) groups is 2. The first-order valence-electron chi connectivity index (χ1n) is 6.21. The Morgan fingerprint density at radius 2 is 2.37 bits per heavy atom. The number of rotatable bonds is 6. The van der Waals surface area contributed by atoms with Crippen LogP contribution in [0, 0.1) is 0 Å². The molecule has 0 bridgehead atoms. The lowest BCUT2D eigenvalue weighted by Gasteiger charge is -2.30. The first-order valence-corrected chi connectivity index (χ1v) is 6.21. The Kier molecular flexibility index (Phi) is 6.31. The van der Waals surface area contributed by atoms with E-state index in [9.17, 15) is 9.59 Å². The smallest absolute Gasteiger partial charge is 0.326 e. The maximum atomic E-state index is 11.6. The summed E-state index contributed by atoms with van der Waals surface area (Å²) in [5.41, 5.74) is 0. The molecular formula is C12H21N3O4. The van der Waals surface area contributed by atoms with Crippen molar-refractivity contribution in [1.82, 2.24) is 15.5 Å². The van der Waals surface area contributed by atoms with E-state index in [2.05, 4.69) is 22.1 Å².